The lowest BCUT2D eigenvalue weighted by Gasteiger charge is -2.01. The van der Waals surface area contributed by atoms with Crippen molar-refractivity contribution in [3.63, 3.8) is 0 Å². The number of nitrogens with one attached hydrogen (secondary N) is 1. The number of rotatable bonds is 4. The Balaban J connectivity index is 2.34. The Morgan fingerprint density at radius 2 is 2.33 bits per heavy atom. The van der Waals surface area contributed by atoms with Crippen LogP contribution in [0, 0.1) is 0 Å². The molecular weight excluding hydrogens is 282 g/mol. The van der Waals surface area contributed by atoms with Crippen molar-refractivity contribution >= 4 is 39.1 Å². The summed E-state index contributed by atoms with van der Waals surface area (Å²) < 4.78 is 5.35. The standard InChI is InChI=1S/C9H10BrNO3S/c1-14-8(12)2-3-11-9(13)6-4-7(10)15-5-6/h4-5H,2-3H2,1H3,(H,11,13). The molecule has 0 aromatic carbocycles. The van der Waals surface area contributed by atoms with Crippen molar-refractivity contribution in [1.29, 1.82) is 0 Å². The van der Waals surface area contributed by atoms with Crippen molar-refractivity contribution < 1.29 is 14.3 Å². The molecule has 15 heavy (non-hydrogen) atoms. The van der Waals surface area contributed by atoms with E-state index in [9.17, 15) is 9.59 Å². The molecule has 0 fully saturated rings. The van der Waals surface area contributed by atoms with Crippen molar-refractivity contribution in [2.24, 2.45) is 0 Å². The molecule has 0 atom stereocenters. The minimum absolute atomic E-state index is 0.180. The molecule has 1 aromatic heterocycles. The molecule has 1 N–H and O–H groups in total. The van der Waals surface area contributed by atoms with Gasteiger partial charge in [-0.05, 0) is 22.0 Å². The Morgan fingerprint density at radius 3 is 2.87 bits per heavy atom. The molecule has 0 aliphatic carbocycles. The molecule has 4 nitrogen and oxygen atoms in total. The molecule has 1 amide bonds. The molecule has 0 aliphatic heterocycles. The highest BCUT2D eigenvalue weighted by Gasteiger charge is 2.08. The second-order valence-corrected chi connectivity index (χ2v) is 5.01. The van der Waals surface area contributed by atoms with Crippen LogP contribution >= 0.6 is 27.3 Å². The van der Waals surface area contributed by atoms with Crippen molar-refractivity contribution in [1.82, 2.24) is 5.32 Å². The maximum absolute atomic E-state index is 11.5. The summed E-state index contributed by atoms with van der Waals surface area (Å²) in [7, 11) is 1.32. The van der Waals surface area contributed by atoms with Crippen LogP contribution in [0.2, 0.25) is 0 Å². The number of thiophene rings is 1. The number of amides is 1. The van der Waals surface area contributed by atoms with Gasteiger partial charge in [0, 0.05) is 11.9 Å². The van der Waals surface area contributed by atoms with Gasteiger partial charge in [-0.1, -0.05) is 0 Å². The Labute approximate surface area is 99.8 Å². The molecule has 0 spiro atoms. The summed E-state index contributed by atoms with van der Waals surface area (Å²) in [6.45, 7) is 0.291. The second-order valence-electron chi connectivity index (χ2n) is 2.72. The first kappa shape index (κ1) is 12.2. The van der Waals surface area contributed by atoms with E-state index < -0.39 is 0 Å². The predicted octanol–water partition coefficient (Wildman–Crippen LogP) is 1.80. The molecule has 0 bridgehead atoms. The number of carbonyl (C=O) groups excluding carboxylic acids is 2. The summed E-state index contributed by atoms with van der Waals surface area (Å²) in [4.78, 5) is 22.2. The van der Waals surface area contributed by atoms with Crippen LogP contribution in [0.15, 0.2) is 15.2 Å². The first-order chi connectivity index (χ1) is 7.13. The topological polar surface area (TPSA) is 55.4 Å². The van der Waals surface area contributed by atoms with Gasteiger partial charge >= 0.3 is 5.97 Å². The van der Waals surface area contributed by atoms with Crippen molar-refractivity contribution in [3.05, 3.63) is 20.8 Å². The number of halogens is 1. The summed E-state index contributed by atoms with van der Waals surface area (Å²) in [5, 5.41) is 4.37. The minimum Gasteiger partial charge on any atom is -0.469 e. The van der Waals surface area contributed by atoms with E-state index in [2.05, 4.69) is 26.0 Å². The van der Waals surface area contributed by atoms with Gasteiger partial charge < -0.3 is 10.1 Å². The molecule has 0 unspecified atom stereocenters. The van der Waals surface area contributed by atoms with Crippen LogP contribution in [0.4, 0.5) is 0 Å². The fourth-order valence-electron chi connectivity index (χ4n) is 0.911. The highest BCUT2D eigenvalue weighted by Crippen LogP contribution is 2.20. The Morgan fingerprint density at radius 1 is 1.60 bits per heavy atom. The Kier molecular flexibility index (Phi) is 4.77. The van der Waals surface area contributed by atoms with Crippen LogP contribution in [0.25, 0.3) is 0 Å². The number of hydrogen-bond donors (Lipinski definition) is 1. The third-order valence-corrected chi connectivity index (χ3v) is 3.18. The molecular formula is C9H10BrNO3S. The summed E-state index contributed by atoms with van der Waals surface area (Å²) in [5.41, 5.74) is 0.594. The van der Waals surface area contributed by atoms with Crippen molar-refractivity contribution in [3.8, 4) is 0 Å². The smallest absolute Gasteiger partial charge is 0.307 e. The molecule has 1 aromatic rings. The van der Waals surface area contributed by atoms with Crippen LogP contribution < -0.4 is 5.32 Å². The third kappa shape index (κ3) is 4.01. The summed E-state index contributed by atoms with van der Waals surface area (Å²) in [5.74, 6) is -0.511. The van der Waals surface area contributed by atoms with E-state index in [4.69, 9.17) is 0 Å². The van der Waals surface area contributed by atoms with E-state index in [0.717, 1.165) is 3.79 Å². The van der Waals surface area contributed by atoms with Crippen LogP contribution in [0.3, 0.4) is 0 Å². The van der Waals surface area contributed by atoms with Gasteiger partial charge in [0.2, 0.25) is 0 Å². The molecule has 0 saturated carbocycles. The fourth-order valence-corrected chi connectivity index (χ4v) is 2.05. The molecule has 0 saturated heterocycles. The second kappa shape index (κ2) is 5.87. The molecule has 82 valence electrons. The average Bonchev–Trinajstić information content (AvgIpc) is 2.64. The summed E-state index contributed by atoms with van der Waals surface area (Å²) >= 11 is 4.71. The number of methoxy groups -OCH3 is 1. The summed E-state index contributed by atoms with van der Waals surface area (Å²) in [6, 6.07) is 1.73. The van der Waals surface area contributed by atoms with Crippen LogP contribution in [0.5, 0.6) is 0 Å². The zero-order valence-corrected chi connectivity index (χ0v) is 10.5. The zero-order valence-electron chi connectivity index (χ0n) is 8.08. The number of carbonyl (C=O) groups is 2. The van der Waals surface area contributed by atoms with Gasteiger partial charge in [0.05, 0.1) is 22.9 Å². The van der Waals surface area contributed by atoms with Crippen LogP contribution in [-0.4, -0.2) is 25.5 Å². The van der Waals surface area contributed by atoms with E-state index in [1.807, 2.05) is 0 Å². The Hall–Kier alpha value is -0.880. The molecule has 0 aliphatic rings. The quantitative estimate of drug-likeness (QED) is 0.861. The van der Waals surface area contributed by atoms with E-state index in [-0.39, 0.29) is 18.3 Å². The molecule has 6 heteroatoms. The molecule has 1 heterocycles. The van der Waals surface area contributed by atoms with Gasteiger partial charge in [-0.3, -0.25) is 9.59 Å². The lowest BCUT2D eigenvalue weighted by molar-refractivity contribution is -0.140. The van der Waals surface area contributed by atoms with E-state index >= 15 is 0 Å². The van der Waals surface area contributed by atoms with Gasteiger partial charge in [-0.2, -0.15) is 0 Å². The predicted molar refractivity (Wildman–Crippen MR) is 61.0 cm³/mol. The van der Waals surface area contributed by atoms with Gasteiger partial charge in [0.25, 0.3) is 5.91 Å². The minimum atomic E-state index is -0.332. The summed E-state index contributed by atoms with van der Waals surface area (Å²) in [6.07, 6.45) is 0.188. The van der Waals surface area contributed by atoms with Gasteiger partial charge in [0.15, 0.2) is 0 Å². The molecule has 0 radical (unpaired) electrons. The normalized spacial score (nSPS) is 9.73. The first-order valence-corrected chi connectivity index (χ1v) is 5.90. The van der Waals surface area contributed by atoms with Crippen LogP contribution in [-0.2, 0) is 9.53 Å². The van der Waals surface area contributed by atoms with Gasteiger partial charge in [-0.25, -0.2) is 0 Å². The highest BCUT2D eigenvalue weighted by molar-refractivity contribution is 9.11. The number of hydrogen-bond acceptors (Lipinski definition) is 4. The maximum atomic E-state index is 11.5. The molecule has 1 rings (SSSR count). The Bertz CT molecular complexity index is 364. The van der Waals surface area contributed by atoms with Crippen molar-refractivity contribution in [2.75, 3.05) is 13.7 Å². The largest absolute Gasteiger partial charge is 0.469 e. The lowest BCUT2D eigenvalue weighted by atomic mass is 10.3. The van der Waals surface area contributed by atoms with E-state index in [1.54, 1.807) is 11.4 Å². The van der Waals surface area contributed by atoms with Crippen LogP contribution in [0.1, 0.15) is 16.8 Å². The fraction of sp³-hybridized carbons (Fsp3) is 0.333. The van der Waals surface area contributed by atoms with Gasteiger partial charge in [-0.15, -0.1) is 11.3 Å². The van der Waals surface area contributed by atoms with Gasteiger partial charge in [0.1, 0.15) is 0 Å². The first-order valence-electron chi connectivity index (χ1n) is 4.22. The van der Waals surface area contributed by atoms with Crippen molar-refractivity contribution in [2.45, 2.75) is 6.42 Å². The number of ether oxygens (including phenoxy) is 1. The monoisotopic (exact) mass is 291 g/mol. The van der Waals surface area contributed by atoms with E-state index in [1.165, 1.54) is 18.4 Å². The van der Waals surface area contributed by atoms with E-state index in [0.29, 0.717) is 12.1 Å². The SMILES string of the molecule is COC(=O)CCNC(=O)c1csc(Br)c1. The lowest BCUT2D eigenvalue weighted by Crippen LogP contribution is -2.25. The zero-order chi connectivity index (χ0) is 11.3. The maximum Gasteiger partial charge on any atom is 0.307 e. The average molecular weight is 292 g/mol. The number of esters is 1. The third-order valence-electron chi connectivity index (χ3n) is 1.67. The highest BCUT2D eigenvalue weighted by atomic mass is 79.9.